The van der Waals surface area contributed by atoms with Crippen LogP contribution in [0.15, 0.2) is 5.10 Å². The number of nitrogens with two attached hydrogens (primary N) is 1. The normalized spacial score (nSPS) is 10.8. The van der Waals surface area contributed by atoms with Gasteiger partial charge in [0, 0.05) is 6.92 Å². The number of carbonyl (C=O) groups is 1. The highest BCUT2D eigenvalue weighted by molar-refractivity contribution is 7.80. The average molecular weight is 159 g/mol. The molecule has 0 aromatic carbocycles. The third-order valence-corrected chi connectivity index (χ3v) is 0.935. The average Bonchev–Trinajstić information content (AvgIpc) is 1.82. The number of ketones is 1. The van der Waals surface area contributed by atoms with Crippen molar-refractivity contribution in [3.05, 3.63) is 0 Å². The Labute approximate surface area is 64.5 Å². The number of thiocarbonyl (C=S) groups is 1. The smallest absolute Gasteiger partial charge is 0.184 e. The molecule has 0 unspecified atom stereocenters. The summed E-state index contributed by atoms with van der Waals surface area (Å²) in [6, 6.07) is 0. The van der Waals surface area contributed by atoms with Gasteiger partial charge in [-0.25, -0.2) is 0 Å². The van der Waals surface area contributed by atoms with Crippen molar-refractivity contribution in [3.8, 4) is 0 Å². The first-order valence-electron chi connectivity index (χ1n) is 2.64. The van der Waals surface area contributed by atoms with E-state index >= 15 is 0 Å². The maximum Gasteiger partial charge on any atom is 0.184 e. The van der Waals surface area contributed by atoms with E-state index in [1.165, 1.54) is 6.92 Å². The molecule has 10 heavy (non-hydrogen) atoms. The van der Waals surface area contributed by atoms with Crippen molar-refractivity contribution < 1.29 is 4.79 Å². The quantitative estimate of drug-likeness (QED) is 0.332. The largest absolute Gasteiger partial charge is 0.375 e. The van der Waals surface area contributed by atoms with Crippen molar-refractivity contribution >= 4 is 28.8 Å². The van der Waals surface area contributed by atoms with Gasteiger partial charge in [0.2, 0.25) is 0 Å². The first-order valence-corrected chi connectivity index (χ1v) is 3.05. The lowest BCUT2D eigenvalue weighted by atomic mass is 10.3. The van der Waals surface area contributed by atoms with Gasteiger partial charge in [0.25, 0.3) is 0 Å². The van der Waals surface area contributed by atoms with Crippen LogP contribution in [-0.2, 0) is 4.79 Å². The lowest BCUT2D eigenvalue weighted by Crippen LogP contribution is -2.26. The number of Topliss-reactive ketones (excluding diaryl/α,β-unsaturated/α-hetero) is 1. The van der Waals surface area contributed by atoms with Crippen LogP contribution in [0.5, 0.6) is 0 Å². The minimum Gasteiger partial charge on any atom is -0.375 e. The van der Waals surface area contributed by atoms with Crippen LogP contribution in [0.4, 0.5) is 0 Å². The highest BCUT2D eigenvalue weighted by Crippen LogP contribution is 1.75. The maximum atomic E-state index is 10.5. The molecule has 4 nitrogen and oxygen atoms in total. The number of carbonyl (C=O) groups excluding carboxylic acids is 1. The number of rotatable bonds is 2. The monoisotopic (exact) mass is 159 g/mol. The third kappa shape index (κ3) is 3.96. The molecule has 0 spiro atoms. The minimum absolute atomic E-state index is 0.0561. The van der Waals surface area contributed by atoms with Crippen molar-refractivity contribution in [1.82, 2.24) is 5.43 Å². The Morgan fingerprint density at radius 1 is 1.60 bits per heavy atom. The molecule has 0 aromatic rings. The van der Waals surface area contributed by atoms with Gasteiger partial charge in [0.15, 0.2) is 10.9 Å². The van der Waals surface area contributed by atoms with E-state index in [0.29, 0.717) is 5.71 Å². The van der Waals surface area contributed by atoms with Crippen LogP contribution < -0.4 is 11.2 Å². The fourth-order valence-electron chi connectivity index (χ4n) is 0.218. The second kappa shape index (κ2) is 3.94. The van der Waals surface area contributed by atoms with Crippen molar-refractivity contribution in [3.63, 3.8) is 0 Å². The van der Waals surface area contributed by atoms with Crippen LogP contribution in [-0.4, -0.2) is 16.6 Å². The lowest BCUT2D eigenvalue weighted by molar-refractivity contribution is -0.111. The van der Waals surface area contributed by atoms with E-state index < -0.39 is 0 Å². The zero-order valence-corrected chi connectivity index (χ0v) is 6.66. The zero-order valence-electron chi connectivity index (χ0n) is 5.84. The Morgan fingerprint density at radius 2 is 2.10 bits per heavy atom. The molecule has 0 heterocycles. The van der Waals surface area contributed by atoms with Gasteiger partial charge in [0.1, 0.15) is 5.71 Å². The number of nitrogens with zero attached hydrogens (tertiary/aromatic N) is 1. The third-order valence-electron chi connectivity index (χ3n) is 0.843. The standard InChI is InChI=1S/C5H9N3OS/c1-3(4(2)9)7-8-5(6)10/h1-2H3,(H3,6,8,10)/b7-3+. The van der Waals surface area contributed by atoms with Crippen molar-refractivity contribution in [2.75, 3.05) is 0 Å². The fourth-order valence-corrected chi connectivity index (χ4v) is 0.263. The Balaban J connectivity index is 3.92. The Bertz CT molecular complexity index is 187. The predicted molar refractivity (Wildman–Crippen MR) is 43.7 cm³/mol. The van der Waals surface area contributed by atoms with Gasteiger partial charge in [-0.1, -0.05) is 0 Å². The maximum absolute atomic E-state index is 10.5. The molecule has 0 saturated carbocycles. The molecule has 0 aliphatic carbocycles. The lowest BCUT2D eigenvalue weighted by Gasteiger charge is -1.95. The van der Waals surface area contributed by atoms with E-state index in [9.17, 15) is 4.79 Å². The van der Waals surface area contributed by atoms with E-state index in [-0.39, 0.29) is 10.9 Å². The predicted octanol–water partition coefficient (Wildman–Crippen LogP) is -0.215. The number of hydrogen-bond donors (Lipinski definition) is 2. The fraction of sp³-hybridized carbons (Fsp3) is 0.400. The summed E-state index contributed by atoms with van der Waals surface area (Å²) >= 11 is 4.45. The molecule has 0 aliphatic rings. The van der Waals surface area contributed by atoms with Crippen LogP contribution in [0.1, 0.15) is 13.8 Å². The molecule has 0 bridgehead atoms. The van der Waals surface area contributed by atoms with Gasteiger partial charge < -0.3 is 5.73 Å². The number of hydrazone groups is 1. The molecule has 0 amide bonds. The molecular weight excluding hydrogens is 150 g/mol. The molecular formula is C5H9N3OS. The van der Waals surface area contributed by atoms with Gasteiger partial charge in [-0.3, -0.25) is 10.2 Å². The van der Waals surface area contributed by atoms with Crippen LogP contribution in [0.25, 0.3) is 0 Å². The van der Waals surface area contributed by atoms with Crippen molar-refractivity contribution in [2.45, 2.75) is 13.8 Å². The summed E-state index contributed by atoms with van der Waals surface area (Å²) in [4.78, 5) is 10.5. The van der Waals surface area contributed by atoms with Crippen LogP contribution >= 0.6 is 12.2 Å². The highest BCUT2D eigenvalue weighted by atomic mass is 32.1. The highest BCUT2D eigenvalue weighted by Gasteiger charge is 1.95. The Morgan fingerprint density at radius 3 is 2.40 bits per heavy atom. The van der Waals surface area contributed by atoms with Crippen LogP contribution in [0.2, 0.25) is 0 Å². The van der Waals surface area contributed by atoms with E-state index in [0.717, 1.165) is 0 Å². The molecule has 0 radical (unpaired) electrons. The molecule has 0 atom stereocenters. The molecule has 0 aromatic heterocycles. The summed E-state index contributed by atoms with van der Waals surface area (Å²) in [7, 11) is 0. The Hall–Kier alpha value is -0.970. The van der Waals surface area contributed by atoms with E-state index in [1.807, 2.05) is 0 Å². The SMILES string of the molecule is CC(=O)/C(C)=N/NC(N)=S. The van der Waals surface area contributed by atoms with Crippen molar-refractivity contribution in [1.29, 1.82) is 0 Å². The molecule has 0 fully saturated rings. The van der Waals surface area contributed by atoms with Crippen LogP contribution in [0, 0.1) is 0 Å². The first kappa shape index (κ1) is 9.03. The summed E-state index contributed by atoms with van der Waals surface area (Å²) < 4.78 is 0. The summed E-state index contributed by atoms with van der Waals surface area (Å²) in [5.41, 5.74) is 7.70. The zero-order chi connectivity index (χ0) is 8.15. The second-order valence-electron chi connectivity index (χ2n) is 1.73. The van der Waals surface area contributed by atoms with Gasteiger partial charge in [-0.2, -0.15) is 5.10 Å². The Kier molecular flexibility index (Phi) is 3.56. The van der Waals surface area contributed by atoms with Gasteiger partial charge in [-0.05, 0) is 19.1 Å². The molecule has 0 aliphatic heterocycles. The van der Waals surface area contributed by atoms with E-state index in [2.05, 4.69) is 22.7 Å². The van der Waals surface area contributed by atoms with Gasteiger partial charge in [-0.15, -0.1) is 0 Å². The van der Waals surface area contributed by atoms with E-state index in [1.54, 1.807) is 6.92 Å². The topological polar surface area (TPSA) is 67.5 Å². The molecule has 5 heteroatoms. The van der Waals surface area contributed by atoms with Gasteiger partial charge in [0.05, 0.1) is 0 Å². The van der Waals surface area contributed by atoms with Crippen molar-refractivity contribution in [2.24, 2.45) is 10.8 Å². The molecule has 3 N–H and O–H groups in total. The summed E-state index contributed by atoms with van der Waals surface area (Å²) in [6.07, 6.45) is 0. The van der Waals surface area contributed by atoms with E-state index in [4.69, 9.17) is 5.73 Å². The summed E-state index contributed by atoms with van der Waals surface area (Å²) in [5, 5.41) is 3.63. The first-order chi connectivity index (χ1) is 4.54. The molecule has 56 valence electrons. The minimum atomic E-state index is -0.108. The van der Waals surface area contributed by atoms with Gasteiger partial charge >= 0.3 is 0 Å². The molecule has 0 saturated heterocycles. The molecule has 0 rings (SSSR count). The van der Waals surface area contributed by atoms with Crippen LogP contribution in [0.3, 0.4) is 0 Å². The second-order valence-corrected chi connectivity index (χ2v) is 2.17. The number of nitrogens with one attached hydrogen (secondary N) is 1. The summed E-state index contributed by atoms with van der Waals surface area (Å²) in [6.45, 7) is 2.99. The number of hydrogen-bond acceptors (Lipinski definition) is 3. The summed E-state index contributed by atoms with van der Waals surface area (Å²) in [5.74, 6) is -0.108.